The van der Waals surface area contributed by atoms with Gasteiger partial charge in [0.1, 0.15) is 35.5 Å². The van der Waals surface area contributed by atoms with E-state index in [1.54, 1.807) is 37.3 Å². The SMILES string of the molecule is C[C@H](NP(=O)(OC[C@H]1O[C@@H](n2ccc(=O)[nH]c2=O)[C@](C)(C#N)[C@@H]1O)Oc1ccccc1)C(=O)O[C@H](C)c1ccccc1. The summed E-state index contributed by atoms with van der Waals surface area (Å²) >= 11 is 0. The van der Waals surface area contributed by atoms with Crippen molar-refractivity contribution in [3.05, 3.63) is 99.3 Å². The molecule has 3 aromatic rings. The highest BCUT2D eigenvalue weighted by molar-refractivity contribution is 7.52. The van der Waals surface area contributed by atoms with Gasteiger partial charge in [0, 0.05) is 12.3 Å². The number of aliphatic hydroxyl groups is 1. The van der Waals surface area contributed by atoms with Crippen LogP contribution in [0.5, 0.6) is 5.75 Å². The first kappa shape index (κ1) is 30.9. The predicted molar refractivity (Wildman–Crippen MR) is 149 cm³/mol. The van der Waals surface area contributed by atoms with Gasteiger partial charge in [0.2, 0.25) is 0 Å². The van der Waals surface area contributed by atoms with Crippen molar-refractivity contribution in [1.29, 1.82) is 5.26 Å². The Morgan fingerprint density at radius 1 is 1.17 bits per heavy atom. The molecule has 7 atom stereocenters. The van der Waals surface area contributed by atoms with E-state index < -0.39 is 67.6 Å². The lowest BCUT2D eigenvalue weighted by Crippen LogP contribution is -2.41. The molecule has 0 bridgehead atoms. The summed E-state index contributed by atoms with van der Waals surface area (Å²) in [4.78, 5) is 38.9. The summed E-state index contributed by atoms with van der Waals surface area (Å²) < 4.78 is 37.5. The molecule has 0 radical (unpaired) electrons. The van der Waals surface area contributed by atoms with Crippen LogP contribution >= 0.6 is 7.75 Å². The van der Waals surface area contributed by atoms with Crippen molar-refractivity contribution in [2.45, 2.75) is 51.4 Å². The van der Waals surface area contributed by atoms with Crippen LogP contribution in [0.15, 0.2) is 82.5 Å². The highest BCUT2D eigenvalue weighted by Crippen LogP contribution is 2.48. The Bertz CT molecular complexity index is 1590. The molecule has 1 aliphatic rings. The first-order valence-electron chi connectivity index (χ1n) is 13.0. The van der Waals surface area contributed by atoms with E-state index in [4.69, 9.17) is 18.5 Å². The van der Waals surface area contributed by atoms with Gasteiger partial charge in [-0.05, 0) is 38.5 Å². The van der Waals surface area contributed by atoms with Crippen molar-refractivity contribution in [2.75, 3.05) is 6.61 Å². The second-order valence-corrected chi connectivity index (χ2v) is 11.6. The molecule has 1 unspecified atom stereocenters. The zero-order chi connectivity index (χ0) is 30.5. The van der Waals surface area contributed by atoms with Gasteiger partial charge in [-0.2, -0.15) is 10.3 Å². The third-order valence-electron chi connectivity index (χ3n) is 6.77. The second kappa shape index (κ2) is 12.9. The van der Waals surface area contributed by atoms with E-state index >= 15 is 0 Å². The van der Waals surface area contributed by atoms with Gasteiger partial charge in [0.25, 0.3) is 5.56 Å². The molecular weight excluding hydrogens is 567 g/mol. The van der Waals surface area contributed by atoms with Crippen molar-refractivity contribution < 1.29 is 33.0 Å². The summed E-state index contributed by atoms with van der Waals surface area (Å²) in [6.45, 7) is 3.94. The summed E-state index contributed by atoms with van der Waals surface area (Å²) in [7, 11) is -4.34. The Labute approximate surface area is 241 Å². The highest BCUT2D eigenvalue weighted by Gasteiger charge is 2.55. The fourth-order valence-corrected chi connectivity index (χ4v) is 5.87. The monoisotopic (exact) mass is 598 g/mol. The van der Waals surface area contributed by atoms with E-state index in [2.05, 4.69) is 10.1 Å². The van der Waals surface area contributed by atoms with E-state index in [0.717, 1.165) is 22.4 Å². The van der Waals surface area contributed by atoms with Gasteiger partial charge in [0.15, 0.2) is 6.23 Å². The van der Waals surface area contributed by atoms with Crippen LogP contribution in [0.3, 0.4) is 0 Å². The lowest BCUT2D eigenvalue weighted by molar-refractivity contribution is -0.150. The minimum absolute atomic E-state index is 0.166. The number of esters is 1. The van der Waals surface area contributed by atoms with E-state index in [1.165, 1.54) is 26.0 Å². The molecule has 14 heteroatoms. The maximum Gasteiger partial charge on any atom is 0.459 e. The number of para-hydroxylation sites is 1. The molecule has 42 heavy (non-hydrogen) atoms. The number of benzene rings is 2. The molecule has 2 aromatic carbocycles. The number of carbonyl (C=O) groups excluding carboxylic acids is 1. The summed E-state index contributed by atoms with van der Waals surface area (Å²) in [5.41, 5.74) is -2.38. The zero-order valence-electron chi connectivity index (χ0n) is 23.1. The molecule has 1 fully saturated rings. The third-order valence-corrected chi connectivity index (χ3v) is 8.42. The van der Waals surface area contributed by atoms with Crippen LogP contribution in [-0.2, 0) is 23.4 Å². The number of hydrogen-bond donors (Lipinski definition) is 3. The highest BCUT2D eigenvalue weighted by atomic mass is 31.2. The number of nitriles is 1. The van der Waals surface area contributed by atoms with Gasteiger partial charge < -0.3 is 19.1 Å². The number of carbonyl (C=O) groups is 1. The maximum absolute atomic E-state index is 13.9. The summed E-state index contributed by atoms with van der Waals surface area (Å²) in [5.74, 6) is -0.558. The lowest BCUT2D eigenvalue weighted by Gasteiger charge is -2.26. The first-order chi connectivity index (χ1) is 20.0. The standard InChI is InChI=1S/C28H31N4O9P/c1-18(25(35)39-19(2)20-10-6-4-7-11-20)31-42(37,41-21-12-8-5-9-13-21)38-16-22-24(34)28(3,17-29)26(40-22)32-15-14-23(33)30-27(32)36/h4-15,18-19,22,24,26,34H,16H2,1-3H3,(H,31,37)(H,30,33,36)/t18-,19+,22+,24+,26+,28+,42?/m0/s1. The van der Waals surface area contributed by atoms with Gasteiger partial charge >= 0.3 is 19.4 Å². The molecule has 4 rings (SSSR count). The summed E-state index contributed by atoms with van der Waals surface area (Å²) in [5, 5.41) is 23.5. The molecule has 222 valence electrons. The average Bonchev–Trinajstić information content (AvgIpc) is 3.22. The number of rotatable bonds is 11. The fraction of sp³-hybridized carbons (Fsp3) is 0.357. The van der Waals surface area contributed by atoms with Crippen molar-refractivity contribution in [3.63, 3.8) is 0 Å². The molecule has 13 nitrogen and oxygen atoms in total. The van der Waals surface area contributed by atoms with Gasteiger partial charge in [-0.25, -0.2) is 9.36 Å². The van der Waals surface area contributed by atoms with Crippen molar-refractivity contribution in [3.8, 4) is 11.8 Å². The van der Waals surface area contributed by atoms with Crippen molar-refractivity contribution >= 4 is 13.7 Å². The molecular formula is C28H31N4O9P. The predicted octanol–water partition coefficient (Wildman–Crippen LogP) is 2.81. The van der Waals surface area contributed by atoms with Crippen LogP contribution in [0.25, 0.3) is 0 Å². The number of nitrogens with zero attached hydrogens (tertiary/aromatic N) is 2. The normalized spacial score (nSPS) is 24.6. The second-order valence-electron chi connectivity index (χ2n) is 9.92. The molecule has 0 aliphatic carbocycles. The number of nitrogens with one attached hydrogen (secondary N) is 2. The Hall–Kier alpha value is -4.05. The lowest BCUT2D eigenvalue weighted by atomic mass is 9.84. The third kappa shape index (κ3) is 6.87. The maximum atomic E-state index is 13.9. The van der Waals surface area contributed by atoms with Gasteiger partial charge in [-0.15, -0.1) is 0 Å². The Morgan fingerprint density at radius 2 is 1.81 bits per heavy atom. The molecule has 2 heterocycles. The van der Waals surface area contributed by atoms with E-state index in [1.807, 2.05) is 24.3 Å². The summed E-state index contributed by atoms with van der Waals surface area (Å²) in [6, 6.07) is 19.0. The largest absolute Gasteiger partial charge is 0.459 e. The Balaban J connectivity index is 1.52. The van der Waals surface area contributed by atoms with Crippen LogP contribution < -0.4 is 20.9 Å². The number of aromatic nitrogens is 2. The van der Waals surface area contributed by atoms with Crippen molar-refractivity contribution in [1.82, 2.24) is 14.6 Å². The average molecular weight is 599 g/mol. The van der Waals surface area contributed by atoms with Crippen LogP contribution in [0.2, 0.25) is 0 Å². The molecule has 1 aliphatic heterocycles. The number of H-pyrrole nitrogens is 1. The molecule has 3 N–H and O–H groups in total. The van der Waals surface area contributed by atoms with E-state index in [0.29, 0.717) is 0 Å². The smallest absolute Gasteiger partial charge is 0.457 e. The Kier molecular flexibility index (Phi) is 9.46. The van der Waals surface area contributed by atoms with E-state index in [9.17, 15) is 29.3 Å². The summed E-state index contributed by atoms with van der Waals surface area (Å²) in [6.07, 6.45) is -3.52. The minimum Gasteiger partial charge on any atom is -0.457 e. The molecule has 0 saturated carbocycles. The molecule has 0 spiro atoms. The van der Waals surface area contributed by atoms with Gasteiger partial charge in [-0.3, -0.25) is 23.7 Å². The number of hydrogen-bond acceptors (Lipinski definition) is 10. The minimum atomic E-state index is -4.34. The van der Waals surface area contributed by atoms with Crippen LogP contribution in [0.1, 0.15) is 38.7 Å². The van der Waals surface area contributed by atoms with Crippen LogP contribution in [-0.4, -0.2) is 45.5 Å². The first-order valence-corrected chi connectivity index (χ1v) is 14.6. The van der Waals surface area contributed by atoms with Crippen LogP contribution in [0, 0.1) is 16.7 Å². The number of aliphatic hydroxyl groups excluding tert-OH is 1. The number of aromatic amines is 1. The number of ether oxygens (including phenoxy) is 2. The Morgan fingerprint density at radius 3 is 2.43 bits per heavy atom. The molecule has 1 aromatic heterocycles. The molecule has 0 amide bonds. The van der Waals surface area contributed by atoms with E-state index in [-0.39, 0.29) is 5.75 Å². The van der Waals surface area contributed by atoms with Gasteiger partial charge in [0.05, 0.1) is 12.7 Å². The molecule has 1 saturated heterocycles. The van der Waals surface area contributed by atoms with Gasteiger partial charge in [-0.1, -0.05) is 48.5 Å². The topological polar surface area (TPSA) is 182 Å². The van der Waals surface area contributed by atoms with Crippen molar-refractivity contribution in [2.24, 2.45) is 5.41 Å². The quantitative estimate of drug-likeness (QED) is 0.218. The van der Waals surface area contributed by atoms with Crippen LogP contribution in [0.4, 0.5) is 0 Å². The zero-order valence-corrected chi connectivity index (χ0v) is 24.0. The fourth-order valence-electron chi connectivity index (χ4n) is 4.37.